The number of hydrogen-bond acceptors (Lipinski definition) is 1. The molecule has 0 fully saturated rings. The lowest BCUT2D eigenvalue weighted by atomic mass is 9.94. The zero-order valence-electron chi connectivity index (χ0n) is 17.2. The molecule has 0 saturated heterocycles. The largest absolute Gasteiger partial charge is 0.398 e. The number of nitrogen functional groups attached to an aromatic ring is 1. The minimum absolute atomic E-state index is 0.808. The zero-order chi connectivity index (χ0) is 21.0. The fourth-order valence-electron chi connectivity index (χ4n) is 3.97. The van der Waals surface area contributed by atoms with Crippen LogP contribution in [-0.4, -0.2) is 0 Å². The maximum absolute atomic E-state index is 6.76. The maximum atomic E-state index is 6.76. The van der Waals surface area contributed by atoms with Crippen LogP contribution in [0.25, 0.3) is 45.8 Å². The van der Waals surface area contributed by atoms with Crippen LogP contribution >= 0.6 is 0 Å². The van der Waals surface area contributed by atoms with Crippen molar-refractivity contribution in [2.45, 2.75) is 0 Å². The number of rotatable bonds is 4. The van der Waals surface area contributed by atoms with Gasteiger partial charge in [-0.3, -0.25) is 0 Å². The van der Waals surface area contributed by atoms with E-state index in [1.54, 1.807) is 0 Å². The predicted molar refractivity (Wildman–Crippen MR) is 137 cm³/mol. The highest BCUT2D eigenvalue weighted by Gasteiger charge is 2.09. The summed E-state index contributed by atoms with van der Waals surface area (Å²) in [5.41, 5.74) is 12.0. The van der Waals surface area contributed by atoms with E-state index in [0.717, 1.165) is 38.7 Å². The molecule has 1 heteroatoms. The molecule has 148 valence electrons. The van der Waals surface area contributed by atoms with E-state index in [-0.39, 0.29) is 0 Å². The fraction of sp³-hybridized carbons (Fsp3) is 0. The molecule has 0 unspecified atom stereocenters. The second-order valence-electron chi connectivity index (χ2n) is 7.70. The van der Waals surface area contributed by atoms with Gasteiger partial charge in [0.15, 0.2) is 0 Å². The second-order valence-corrected chi connectivity index (χ2v) is 7.70. The van der Waals surface area contributed by atoms with Crippen molar-refractivity contribution in [2.75, 3.05) is 5.73 Å². The number of benzene rings is 5. The number of hydrogen-bond donors (Lipinski definition) is 1. The first kappa shape index (κ1) is 18.9. The van der Waals surface area contributed by atoms with Crippen LogP contribution < -0.4 is 5.73 Å². The molecule has 31 heavy (non-hydrogen) atoms. The van der Waals surface area contributed by atoms with Crippen molar-refractivity contribution in [3.05, 3.63) is 125 Å². The first-order valence-corrected chi connectivity index (χ1v) is 10.5. The zero-order valence-corrected chi connectivity index (χ0v) is 17.2. The third kappa shape index (κ3) is 3.99. The second kappa shape index (κ2) is 8.33. The number of fused-ring (bicyclic) bond motifs is 2. The van der Waals surface area contributed by atoms with Gasteiger partial charge in [0.2, 0.25) is 0 Å². The molecule has 0 atom stereocenters. The van der Waals surface area contributed by atoms with E-state index in [0.29, 0.717) is 0 Å². The van der Waals surface area contributed by atoms with Crippen LogP contribution in [0, 0.1) is 0 Å². The summed E-state index contributed by atoms with van der Waals surface area (Å²) < 4.78 is 0. The molecule has 0 saturated carbocycles. The highest BCUT2D eigenvalue weighted by molar-refractivity contribution is 6.07. The van der Waals surface area contributed by atoms with Crippen LogP contribution in [0.5, 0.6) is 0 Å². The summed E-state index contributed by atoms with van der Waals surface area (Å²) in [5, 5.41) is 4.66. The van der Waals surface area contributed by atoms with Crippen molar-refractivity contribution < 1.29 is 0 Å². The summed E-state index contributed by atoms with van der Waals surface area (Å²) in [7, 11) is 0. The van der Waals surface area contributed by atoms with Gasteiger partial charge in [0, 0.05) is 16.6 Å². The average Bonchev–Trinajstić information content (AvgIpc) is 2.82. The molecule has 0 aliphatic rings. The minimum Gasteiger partial charge on any atom is -0.398 e. The van der Waals surface area contributed by atoms with Crippen molar-refractivity contribution in [2.24, 2.45) is 0 Å². The molecular formula is C30H23N. The molecule has 0 aromatic heterocycles. The van der Waals surface area contributed by atoms with Gasteiger partial charge in [-0.25, -0.2) is 0 Å². The van der Waals surface area contributed by atoms with Crippen LogP contribution in [0.15, 0.2) is 103 Å². The molecule has 1 nitrogen and oxygen atoms in total. The molecule has 0 spiro atoms. The summed E-state index contributed by atoms with van der Waals surface area (Å²) in [6, 6.07) is 35.8. The van der Waals surface area contributed by atoms with E-state index in [1.807, 2.05) is 24.3 Å². The standard InChI is InChI=1S/C30H23N/c31-30-28(18-16-23-11-5-2-6-12-23)26(17-15-22-9-3-1-4-10-22)20-27-19-24-13-7-8-14-25(24)21-29(27)30/h1-21H,31H2. The highest BCUT2D eigenvalue weighted by Crippen LogP contribution is 2.34. The number of anilines is 1. The van der Waals surface area contributed by atoms with Crippen LogP contribution in [0.1, 0.15) is 22.3 Å². The molecule has 0 heterocycles. The molecular weight excluding hydrogens is 374 g/mol. The van der Waals surface area contributed by atoms with Crippen LogP contribution in [0.4, 0.5) is 5.69 Å². The quantitative estimate of drug-likeness (QED) is 0.186. The van der Waals surface area contributed by atoms with E-state index >= 15 is 0 Å². The first-order chi connectivity index (χ1) is 15.3. The summed E-state index contributed by atoms with van der Waals surface area (Å²) in [5.74, 6) is 0. The molecule has 5 aromatic rings. The third-order valence-corrected chi connectivity index (χ3v) is 5.62. The lowest BCUT2D eigenvalue weighted by molar-refractivity contribution is 1.63. The lowest BCUT2D eigenvalue weighted by Crippen LogP contribution is -1.95. The smallest absolute Gasteiger partial charge is 0.0473 e. The van der Waals surface area contributed by atoms with Gasteiger partial charge in [-0.15, -0.1) is 0 Å². The van der Waals surface area contributed by atoms with Crippen LogP contribution in [-0.2, 0) is 0 Å². The van der Waals surface area contributed by atoms with Crippen molar-refractivity contribution in [1.29, 1.82) is 0 Å². The van der Waals surface area contributed by atoms with Gasteiger partial charge in [0.05, 0.1) is 0 Å². The van der Waals surface area contributed by atoms with E-state index in [1.165, 1.54) is 10.8 Å². The molecule has 5 rings (SSSR count). The summed E-state index contributed by atoms with van der Waals surface area (Å²) in [4.78, 5) is 0. The molecule has 0 aliphatic heterocycles. The maximum Gasteiger partial charge on any atom is 0.0473 e. The molecule has 0 radical (unpaired) electrons. The van der Waals surface area contributed by atoms with Gasteiger partial charge in [-0.1, -0.05) is 109 Å². The Bertz CT molecular complexity index is 1410. The van der Waals surface area contributed by atoms with Crippen molar-refractivity contribution >= 4 is 51.5 Å². The highest BCUT2D eigenvalue weighted by atomic mass is 14.6. The van der Waals surface area contributed by atoms with E-state index < -0.39 is 0 Å². The fourth-order valence-corrected chi connectivity index (χ4v) is 3.97. The summed E-state index contributed by atoms with van der Waals surface area (Å²) in [6.45, 7) is 0. The normalized spacial score (nSPS) is 11.7. The third-order valence-electron chi connectivity index (χ3n) is 5.62. The monoisotopic (exact) mass is 397 g/mol. The predicted octanol–water partition coefficient (Wildman–Crippen LogP) is 7.92. The van der Waals surface area contributed by atoms with E-state index in [9.17, 15) is 0 Å². The van der Waals surface area contributed by atoms with Crippen molar-refractivity contribution in [3.8, 4) is 0 Å². The lowest BCUT2D eigenvalue weighted by Gasteiger charge is -2.12. The van der Waals surface area contributed by atoms with Crippen LogP contribution in [0.2, 0.25) is 0 Å². The van der Waals surface area contributed by atoms with E-state index in [2.05, 4.69) is 103 Å². The SMILES string of the molecule is Nc1c(C=Cc2ccccc2)c(C=Cc2ccccc2)cc2cc3ccccc3cc12. The molecule has 0 aliphatic carbocycles. The van der Waals surface area contributed by atoms with Gasteiger partial charge in [-0.05, 0) is 51.0 Å². The molecule has 0 amide bonds. The van der Waals surface area contributed by atoms with Crippen molar-refractivity contribution in [1.82, 2.24) is 0 Å². The Hall–Kier alpha value is -4.10. The number of nitrogens with two attached hydrogens (primary N) is 1. The summed E-state index contributed by atoms with van der Waals surface area (Å²) >= 11 is 0. The Morgan fingerprint density at radius 1 is 0.484 bits per heavy atom. The molecule has 2 N–H and O–H groups in total. The Labute approximate surface area is 182 Å². The average molecular weight is 398 g/mol. The Morgan fingerprint density at radius 3 is 1.68 bits per heavy atom. The topological polar surface area (TPSA) is 26.0 Å². The minimum atomic E-state index is 0.808. The van der Waals surface area contributed by atoms with Gasteiger partial charge < -0.3 is 5.73 Å². The van der Waals surface area contributed by atoms with Crippen molar-refractivity contribution in [3.63, 3.8) is 0 Å². The van der Waals surface area contributed by atoms with Gasteiger partial charge >= 0.3 is 0 Å². The molecule has 5 aromatic carbocycles. The summed E-state index contributed by atoms with van der Waals surface area (Å²) in [6.07, 6.45) is 8.55. The molecule has 0 bridgehead atoms. The van der Waals surface area contributed by atoms with E-state index in [4.69, 9.17) is 5.73 Å². The Kier molecular flexibility index (Phi) is 5.08. The Balaban J connectivity index is 1.70. The Morgan fingerprint density at radius 2 is 1.03 bits per heavy atom. The van der Waals surface area contributed by atoms with Gasteiger partial charge in [-0.2, -0.15) is 0 Å². The van der Waals surface area contributed by atoms with Gasteiger partial charge in [0.25, 0.3) is 0 Å². The van der Waals surface area contributed by atoms with Gasteiger partial charge in [0.1, 0.15) is 0 Å². The van der Waals surface area contributed by atoms with Crippen LogP contribution in [0.3, 0.4) is 0 Å². The first-order valence-electron chi connectivity index (χ1n) is 10.5.